The zero-order valence-corrected chi connectivity index (χ0v) is 16.9. The maximum Gasteiger partial charge on any atom is 0.230 e. The van der Waals surface area contributed by atoms with E-state index >= 15 is 0 Å². The van der Waals surface area contributed by atoms with Gasteiger partial charge in [-0.15, -0.1) is 0 Å². The molecule has 0 radical (unpaired) electrons. The average Bonchev–Trinajstić information content (AvgIpc) is 3.31. The second kappa shape index (κ2) is 6.83. The van der Waals surface area contributed by atoms with Crippen LogP contribution < -0.4 is 5.32 Å². The molecule has 2 aromatic heterocycles. The van der Waals surface area contributed by atoms with Gasteiger partial charge in [0.05, 0.1) is 5.69 Å². The van der Waals surface area contributed by atoms with E-state index in [1.165, 1.54) is 0 Å². The summed E-state index contributed by atoms with van der Waals surface area (Å²) in [5, 5.41) is 15.6. The highest BCUT2D eigenvalue weighted by atomic mass is 16.3. The molecule has 5 rings (SSSR count). The molecule has 5 nitrogen and oxygen atoms in total. The van der Waals surface area contributed by atoms with Crippen molar-refractivity contribution >= 4 is 22.3 Å². The summed E-state index contributed by atoms with van der Waals surface area (Å²) in [6.45, 7) is 4.40. The number of rotatable bonds is 4. The van der Waals surface area contributed by atoms with Crippen molar-refractivity contribution in [1.82, 2.24) is 15.3 Å². The molecular formula is C25H23N3O2. The van der Waals surface area contributed by atoms with Gasteiger partial charge in [-0.1, -0.05) is 48.5 Å². The standard InChI is InChI=1S/C25H23N3O2/c1-15-13-26-23-21(15)19(22-16(2)18-10-6-7-11-20(18)28-22)12-25(30,24(23)29)27-14-17-8-4-3-5-9-17/h3-13,26-28,30H,14H2,1-2H3. The summed E-state index contributed by atoms with van der Waals surface area (Å²) in [6.07, 6.45) is 3.47. The molecular weight excluding hydrogens is 374 g/mol. The summed E-state index contributed by atoms with van der Waals surface area (Å²) in [6, 6.07) is 17.8. The highest BCUT2D eigenvalue weighted by Gasteiger charge is 2.42. The predicted molar refractivity (Wildman–Crippen MR) is 118 cm³/mol. The Balaban J connectivity index is 1.64. The second-order valence-electron chi connectivity index (χ2n) is 7.88. The maximum atomic E-state index is 13.2. The SMILES string of the molecule is Cc1c[nH]c2c1C(c1[nH]c3ccccc3c1C)=CC(O)(NCc1ccccc1)C2=O. The van der Waals surface area contributed by atoms with Crippen LogP contribution in [0.3, 0.4) is 0 Å². The molecule has 0 fully saturated rings. The maximum absolute atomic E-state index is 13.2. The van der Waals surface area contributed by atoms with Crippen molar-refractivity contribution in [3.63, 3.8) is 0 Å². The van der Waals surface area contributed by atoms with Gasteiger partial charge in [-0.2, -0.15) is 0 Å². The van der Waals surface area contributed by atoms with Crippen LogP contribution in [0.2, 0.25) is 0 Å². The highest BCUT2D eigenvalue weighted by Crippen LogP contribution is 2.39. The van der Waals surface area contributed by atoms with Crippen molar-refractivity contribution in [2.45, 2.75) is 26.1 Å². The molecule has 1 atom stereocenters. The fourth-order valence-electron chi connectivity index (χ4n) is 4.30. The van der Waals surface area contributed by atoms with Gasteiger partial charge in [-0.3, -0.25) is 10.1 Å². The molecule has 0 aliphatic heterocycles. The Kier molecular flexibility index (Phi) is 4.24. The number of ketones is 1. The average molecular weight is 397 g/mol. The fourth-order valence-corrected chi connectivity index (χ4v) is 4.30. The highest BCUT2D eigenvalue weighted by molar-refractivity contribution is 6.12. The van der Waals surface area contributed by atoms with Gasteiger partial charge >= 0.3 is 0 Å². The van der Waals surface area contributed by atoms with Crippen molar-refractivity contribution < 1.29 is 9.90 Å². The smallest absolute Gasteiger partial charge is 0.230 e. The number of H-pyrrole nitrogens is 2. The Morgan fingerprint density at radius 2 is 1.73 bits per heavy atom. The molecule has 0 bridgehead atoms. The number of hydrogen-bond acceptors (Lipinski definition) is 3. The first-order valence-electron chi connectivity index (χ1n) is 10.0. The normalized spacial score (nSPS) is 18.5. The number of aromatic amines is 2. The van der Waals surface area contributed by atoms with Gasteiger partial charge in [-0.25, -0.2) is 0 Å². The van der Waals surface area contributed by atoms with E-state index in [1.54, 1.807) is 6.08 Å². The van der Waals surface area contributed by atoms with Crippen molar-refractivity contribution in [1.29, 1.82) is 0 Å². The number of benzene rings is 2. The summed E-state index contributed by atoms with van der Waals surface area (Å²) < 4.78 is 0. The first-order valence-corrected chi connectivity index (χ1v) is 10.0. The third kappa shape index (κ3) is 2.83. The molecule has 30 heavy (non-hydrogen) atoms. The van der Waals surface area contributed by atoms with Crippen LogP contribution in [0.25, 0.3) is 16.5 Å². The molecule has 0 spiro atoms. The number of fused-ring (bicyclic) bond motifs is 2. The van der Waals surface area contributed by atoms with E-state index in [9.17, 15) is 9.90 Å². The zero-order valence-electron chi connectivity index (χ0n) is 16.9. The van der Waals surface area contributed by atoms with Crippen molar-refractivity contribution in [3.8, 4) is 0 Å². The first kappa shape index (κ1) is 18.6. The van der Waals surface area contributed by atoms with Gasteiger partial charge in [-0.05, 0) is 42.7 Å². The van der Waals surface area contributed by atoms with E-state index in [2.05, 4.69) is 28.3 Å². The number of nitrogens with one attached hydrogen (secondary N) is 3. The van der Waals surface area contributed by atoms with Crippen LogP contribution in [0, 0.1) is 13.8 Å². The molecule has 0 amide bonds. The first-order chi connectivity index (χ1) is 14.5. The van der Waals surface area contributed by atoms with Crippen LogP contribution in [-0.2, 0) is 6.54 Å². The molecule has 150 valence electrons. The minimum atomic E-state index is -1.81. The number of aromatic nitrogens is 2. The van der Waals surface area contributed by atoms with E-state index < -0.39 is 5.72 Å². The Morgan fingerprint density at radius 1 is 1.00 bits per heavy atom. The van der Waals surface area contributed by atoms with Crippen molar-refractivity contribution in [3.05, 3.63) is 101 Å². The largest absolute Gasteiger partial charge is 0.365 e. The molecule has 5 heteroatoms. The number of para-hydroxylation sites is 1. The Bertz CT molecular complexity index is 1300. The molecule has 4 N–H and O–H groups in total. The number of carbonyl (C=O) groups excluding carboxylic acids is 1. The lowest BCUT2D eigenvalue weighted by molar-refractivity contribution is 0.0366. The number of aliphatic hydroxyl groups is 1. The van der Waals surface area contributed by atoms with Crippen LogP contribution in [0.4, 0.5) is 0 Å². The Hall–Kier alpha value is -3.41. The number of hydrogen-bond donors (Lipinski definition) is 4. The van der Waals surface area contributed by atoms with Crippen LogP contribution >= 0.6 is 0 Å². The molecule has 1 unspecified atom stereocenters. The topological polar surface area (TPSA) is 80.9 Å². The monoisotopic (exact) mass is 397 g/mol. The van der Waals surface area contributed by atoms with E-state index in [0.717, 1.165) is 44.4 Å². The van der Waals surface area contributed by atoms with Crippen LogP contribution in [0.1, 0.15) is 38.4 Å². The van der Waals surface area contributed by atoms with Crippen molar-refractivity contribution in [2.75, 3.05) is 0 Å². The van der Waals surface area contributed by atoms with E-state index in [0.29, 0.717) is 12.2 Å². The van der Waals surface area contributed by atoms with Crippen LogP contribution in [0.15, 0.2) is 66.9 Å². The molecule has 0 saturated carbocycles. The van der Waals surface area contributed by atoms with Gasteiger partial charge in [0, 0.05) is 40.5 Å². The van der Waals surface area contributed by atoms with Gasteiger partial charge < -0.3 is 15.1 Å². The minimum absolute atomic E-state index is 0.369. The summed E-state index contributed by atoms with van der Waals surface area (Å²) in [4.78, 5) is 19.8. The van der Waals surface area contributed by atoms with Crippen LogP contribution in [-0.4, -0.2) is 26.6 Å². The van der Waals surface area contributed by atoms with Gasteiger partial charge in [0.25, 0.3) is 0 Å². The van der Waals surface area contributed by atoms with E-state index in [-0.39, 0.29) is 5.78 Å². The quantitative estimate of drug-likeness (QED) is 0.389. The second-order valence-corrected chi connectivity index (χ2v) is 7.88. The van der Waals surface area contributed by atoms with Crippen molar-refractivity contribution in [2.24, 2.45) is 0 Å². The predicted octanol–water partition coefficient (Wildman–Crippen LogP) is 4.22. The Morgan fingerprint density at radius 3 is 2.50 bits per heavy atom. The number of aryl methyl sites for hydroxylation is 2. The third-order valence-corrected chi connectivity index (χ3v) is 5.91. The lowest BCUT2D eigenvalue weighted by Crippen LogP contribution is -2.52. The van der Waals surface area contributed by atoms with Gasteiger partial charge in [0.15, 0.2) is 0 Å². The van der Waals surface area contributed by atoms with Gasteiger partial charge in [0.1, 0.15) is 0 Å². The fraction of sp³-hybridized carbons (Fsp3) is 0.160. The third-order valence-electron chi connectivity index (χ3n) is 5.91. The molecule has 4 aromatic rings. The summed E-state index contributed by atoms with van der Waals surface area (Å²) in [7, 11) is 0. The molecule has 2 heterocycles. The summed E-state index contributed by atoms with van der Waals surface area (Å²) >= 11 is 0. The summed E-state index contributed by atoms with van der Waals surface area (Å²) in [5.74, 6) is -0.376. The molecule has 2 aromatic carbocycles. The van der Waals surface area contributed by atoms with Crippen LogP contribution in [0.5, 0.6) is 0 Å². The lowest BCUT2D eigenvalue weighted by atomic mass is 9.85. The molecule has 1 aliphatic carbocycles. The van der Waals surface area contributed by atoms with Gasteiger partial charge in [0.2, 0.25) is 11.5 Å². The Labute approximate surface area is 174 Å². The number of Topliss-reactive ketones (excluding diaryl/α,β-unsaturated/α-hetero) is 1. The minimum Gasteiger partial charge on any atom is -0.365 e. The van der Waals surface area contributed by atoms with E-state index in [4.69, 9.17) is 0 Å². The van der Waals surface area contributed by atoms with E-state index in [1.807, 2.05) is 61.7 Å². The molecule has 0 saturated heterocycles. The molecule has 1 aliphatic rings. The lowest BCUT2D eigenvalue weighted by Gasteiger charge is -2.30. The number of carbonyl (C=O) groups is 1. The zero-order chi connectivity index (χ0) is 20.9. The summed E-state index contributed by atoms with van der Waals surface area (Å²) in [5.41, 5.74) is 5.25.